The first kappa shape index (κ1) is 14.2. The van der Waals surface area contributed by atoms with Crippen LogP contribution < -0.4 is 5.73 Å². The molecule has 1 aromatic carbocycles. The van der Waals surface area contributed by atoms with Gasteiger partial charge in [0.25, 0.3) is 5.69 Å². The van der Waals surface area contributed by atoms with E-state index in [1.54, 1.807) is 24.4 Å². The average molecular weight is 274 g/mol. The molecule has 0 saturated heterocycles. The normalized spacial score (nSPS) is 12.3. The molecule has 1 atom stereocenters. The van der Waals surface area contributed by atoms with E-state index in [0.29, 0.717) is 18.5 Å². The van der Waals surface area contributed by atoms with E-state index in [1.807, 2.05) is 17.7 Å². The van der Waals surface area contributed by atoms with Gasteiger partial charge in [-0.2, -0.15) is 0 Å². The van der Waals surface area contributed by atoms with Crippen LogP contribution in [0.4, 0.5) is 5.69 Å². The van der Waals surface area contributed by atoms with Crippen LogP contribution in [0.2, 0.25) is 0 Å². The van der Waals surface area contributed by atoms with E-state index in [4.69, 9.17) is 5.73 Å². The van der Waals surface area contributed by atoms with Crippen LogP contribution >= 0.6 is 0 Å². The Balaban J connectivity index is 2.23. The minimum atomic E-state index is -0.357. The molecular formula is C14H18N4O2. The molecule has 0 aliphatic heterocycles. The molecule has 0 radical (unpaired) electrons. The van der Waals surface area contributed by atoms with Crippen LogP contribution in [-0.4, -0.2) is 20.5 Å². The van der Waals surface area contributed by atoms with E-state index in [0.717, 1.165) is 12.2 Å². The lowest BCUT2D eigenvalue weighted by Gasteiger charge is -2.11. The second kappa shape index (κ2) is 6.29. The molecule has 6 nitrogen and oxygen atoms in total. The summed E-state index contributed by atoms with van der Waals surface area (Å²) >= 11 is 0. The van der Waals surface area contributed by atoms with Crippen molar-refractivity contribution in [3.63, 3.8) is 0 Å². The van der Waals surface area contributed by atoms with Gasteiger partial charge in [-0.15, -0.1) is 0 Å². The number of benzene rings is 1. The van der Waals surface area contributed by atoms with Gasteiger partial charge in [-0.25, -0.2) is 4.98 Å². The van der Waals surface area contributed by atoms with E-state index < -0.39 is 0 Å². The Morgan fingerprint density at radius 3 is 2.90 bits per heavy atom. The highest BCUT2D eigenvalue weighted by Gasteiger charge is 2.14. The van der Waals surface area contributed by atoms with Crippen LogP contribution in [0.3, 0.4) is 0 Å². The first-order valence-electron chi connectivity index (χ1n) is 6.59. The van der Waals surface area contributed by atoms with E-state index in [-0.39, 0.29) is 16.7 Å². The lowest BCUT2D eigenvalue weighted by Crippen LogP contribution is -2.23. The molecule has 0 saturated carbocycles. The molecular weight excluding hydrogens is 256 g/mol. The average Bonchev–Trinajstić information content (AvgIpc) is 2.86. The summed E-state index contributed by atoms with van der Waals surface area (Å²) in [6.45, 7) is 2.46. The second-order valence-corrected chi connectivity index (χ2v) is 4.73. The summed E-state index contributed by atoms with van der Waals surface area (Å²) in [6.07, 6.45) is 5.07. The molecule has 1 heterocycles. The smallest absolute Gasteiger partial charge is 0.274 e. The molecule has 20 heavy (non-hydrogen) atoms. The second-order valence-electron chi connectivity index (χ2n) is 4.73. The lowest BCUT2D eigenvalue weighted by atomic mass is 10.1. The molecule has 0 aliphatic rings. The van der Waals surface area contributed by atoms with Crippen molar-refractivity contribution in [3.8, 4) is 0 Å². The predicted octanol–water partition coefficient (Wildman–Crippen LogP) is 2.12. The van der Waals surface area contributed by atoms with Crippen LogP contribution in [-0.2, 0) is 13.0 Å². The van der Waals surface area contributed by atoms with E-state index in [9.17, 15) is 10.1 Å². The van der Waals surface area contributed by atoms with Gasteiger partial charge in [-0.1, -0.05) is 25.1 Å². The van der Waals surface area contributed by atoms with Gasteiger partial charge >= 0.3 is 0 Å². The van der Waals surface area contributed by atoms with Gasteiger partial charge in [0.2, 0.25) is 0 Å². The molecule has 0 amide bonds. The number of nitro benzene ring substituents is 1. The molecule has 1 unspecified atom stereocenters. The third kappa shape index (κ3) is 3.21. The summed E-state index contributed by atoms with van der Waals surface area (Å²) < 4.78 is 1.91. The summed E-state index contributed by atoms with van der Waals surface area (Å²) in [5.74, 6) is 0.859. The summed E-state index contributed by atoms with van der Waals surface area (Å²) in [4.78, 5) is 15.0. The number of hydrogen-bond donors (Lipinski definition) is 1. The lowest BCUT2D eigenvalue weighted by molar-refractivity contribution is -0.385. The standard InChI is InChI=1S/C14H18N4O2/c1-2-12(15)9-14-16-7-8-17(14)10-11-5-3-4-6-13(11)18(19)20/h3-8,12H,2,9-10,15H2,1H3. The number of nitro groups is 1. The highest BCUT2D eigenvalue weighted by molar-refractivity contribution is 5.40. The Labute approximate surface area is 117 Å². The fraction of sp³-hybridized carbons (Fsp3) is 0.357. The quantitative estimate of drug-likeness (QED) is 0.645. The van der Waals surface area contributed by atoms with E-state index >= 15 is 0 Å². The zero-order valence-corrected chi connectivity index (χ0v) is 11.4. The number of rotatable bonds is 6. The van der Waals surface area contributed by atoms with E-state index in [1.165, 1.54) is 6.07 Å². The van der Waals surface area contributed by atoms with Gasteiger partial charge in [0.15, 0.2) is 0 Å². The maximum absolute atomic E-state index is 11.0. The minimum absolute atomic E-state index is 0.0573. The summed E-state index contributed by atoms with van der Waals surface area (Å²) in [7, 11) is 0. The highest BCUT2D eigenvalue weighted by Crippen LogP contribution is 2.19. The van der Waals surface area contributed by atoms with E-state index in [2.05, 4.69) is 4.98 Å². The van der Waals surface area contributed by atoms with Crippen molar-refractivity contribution >= 4 is 5.69 Å². The van der Waals surface area contributed by atoms with Crippen LogP contribution in [0, 0.1) is 10.1 Å². The fourth-order valence-corrected chi connectivity index (χ4v) is 2.06. The summed E-state index contributed by atoms with van der Waals surface area (Å²) in [5.41, 5.74) is 6.74. The van der Waals surface area contributed by atoms with Crippen molar-refractivity contribution in [2.45, 2.75) is 32.4 Å². The number of aromatic nitrogens is 2. The van der Waals surface area contributed by atoms with Crippen LogP contribution in [0.1, 0.15) is 24.7 Å². The topological polar surface area (TPSA) is 87.0 Å². The molecule has 1 aromatic heterocycles. The minimum Gasteiger partial charge on any atom is -0.330 e. The van der Waals surface area contributed by atoms with Gasteiger partial charge < -0.3 is 10.3 Å². The van der Waals surface area contributed by atoms with Crippen molar-refractivity contribution in [3.05, 3.63) is 58.2 Å². The third-order valence-corrected chi connectivity index (χ3v) is 3.30. The molecule has 0 aliphatic carbocycles. The van der Waals surface area contributed by atoms with Crippen molar-refractivity contribution in [1.29, 1.82) is 0 Å². The Morgan fingerprint density at radius 2 is 2.20 bits per heavy atom. The van der Waals surface area contributed by atoms with Crippen molar-refractivity contribution in [2.75, 3.05) is 0 Å². The first-order valence-corrected chi connectivity index (χ1v) is 6.59. The SMILES string of the molecule is CCC(N)Cc1nccn1Cc1ccccc1[N+](=O)[O-]. The first-order chi connectivity index (χ1) is 9.61. The van der Waals surface area contributed by atoms with Gasteiger partial charge in [0.1, 0.15) is 5.82 Å². The van der Waals surface area contributed by atoms with Gasteiger partial charge in [-0.05, 0) is 6.42 Å². The Morgan fingerprint density at radius 1 is 1.45 bits per heavy atom. The molecule has 0 spiro atoms. The maximum Gasteiger partial charge on any atom is 0.274 e. The van der Waals surface area contributed by atoms with Gasteiger partial charge in [0.05, 0.1) is 11.5 Å². The highest BCUT2D eigenvalue weighted by atomic mass is 16.6. The number of nitrogens with zero attached hydrogens (tertiary/aromatic N) is 3. The number of imidazole rings is 1. The van der Waals surface area contributed by atoms with Crippen LogP contribution in [0.25, 0.3) is 0 Å². The Kier molecular flexibility index (Phi) is 4.47. The van der Waals surface area contributed by atoms with Crippen molar-refractivity contribution in [1.82, 2.24) is 9.55 Å². The molecule has 2 aromatic rings. The predicted molar refractivity (Wildman–Crippen MR) is 76.4 cm³/mol. The summed E-state index contributed by atoms with van der Waals surface area (Å²) in [5, 5.41) is 11.0. The molecule has 2 rings (SSSR count). The summed E-state index contributed by atoms with van der Waals surface area (Å²) in [6, 6.07) is 6.81. The molecule has 0 bridgehead atoms. The van der Waals surface area contributed by atoms with Gasteiger partial charge in [-0.3, -0.25) is 10.1 Å². The third-order valence-electron chi connectivity index (χ3n) is 3.30. The van der Waals surface area contributed by atoms with Crippen LogP contribution in [0.15, 0.2) is 36.7 Å². The molecule has 2 N–H and O–H groups in total. The van der Waals surface area contributed by atoms with Crippen molar-refractivity contribution < 1.29 is 4.92 Å². The van der Waals surface area contributed by atoms with Gasteiger partial charge in [0, 0.05) is 36.5 Å². The Bertz CT molecular complexity index is 594. The molecule has 0 fully saturated rings. The van der Waals surface area contributed by atoms with Crippen molar-refractivity contribution in [2.24, 2.45) is 5.73 Å². The van der Waals surface area contributed by atoms with Crippen LogP contribution in [0.5, 0.6) is 0 Å². The maximum atomic E-state index is 11.0. The Hall–Kier alpha value is -2.21. The zero-order valence-electron chi connectivity index (χ0n) is 11.4. The number of para-hydroxylation sites is 1. The molecule has 106 valence electrons. The number of nitrogens with two attached hydrogens (primary N) is 1. The largest absolute Gasteiger partial charge is 0.330 e. The number of hydrogen-bond acceptors (Lipinski definition) is 4. The molecule has 6 heteroatoms. The fourth-order valence-electron chi connectivity index (χ4n) is 2.06. The zero-order chi connectivity index (χ0) is 14.5. The monoisotopic (exact) mass is 274 g/mol.